The van der Waals surface area contributed by atoms with E-state index < -0.39 is 66.2 Å². The van der Waals surface area contributed by atoms with Crippen molar-refractivity contribution < 1.29 is 34.2 Å². The van der Waals surface area contributed by atoms with Crippen LogP contribution in [0.2, 0.25) is 0 Å². The fraction of sp³-hybridized carbons (Fsp3) is 0.722. The average Bonchev–Trinajstić information content (AvgIpc) is 2.56. The molecular weight excluding hydrogens is 384 g/mol. The van der Waals surface area contributed by atoms with Gasteiger partial charge >= 0.3 is 11.9 Å². The second-order valence-electron chi connectivity index (χ2n) is 7.71. The summed E-state index contributed by atoms with van der Waals surface area (Å²) < 4.78 is 0. The van der Waals surface area contributed by atoms with Gasteiger partial charge < -0.3 is 31.9 Å². The smallest absolute Gasteiger partial charge is 0.326 e. The van der Waals surface area contributed by atoms with Crippen molar-refractivity contribution in [3.05, 3.63) is 0 Å². The van der Waals surface area contributed by atoms with Gasteiger partial charge in [-0.25, -0.2) is 4.79 Å². The van der Waals surface area contributed by atoms with Crippen LogP contribution in [-0.4, -0.2) is 64.0 Å². The minimum Gasteiger partial charge on any atom is -0.481 e. The Morgan fingerprint density at radius 1 is 0.793 bits per heavy atom. The molecule has 0 saturated carbocycles. The first kappa shape index (κ1) is 26.3. The van der Waals surface area contributed by atoms with Crippen molar-refractivity contribution in [2.24, 2.45) is 17.6 Å². The molecule has 0 aromatic rings. The van der Waals surface area contributed by atoms with Gasteiger partial charge in [-0.15, -0.1) is 0 Å². The van der Waals surface area contributed by atoms with Crippen LogP contribution in [0.3, 0.4) is 0 Å². The predicted molar refractivity (Wildman–Crippen MR) is 104 cm³/mol. The molecule has 11 nitrogen and oxygen atoms in total. The van der Waals surface area contributed by atoms with Crippen molar-refractivity contribution in [3.63, 3.8) is 0 Å². The molecule has 0 bridgehead atoms. The van der Waals surface area contributed by atoms with E-state index in [-0.39, 0.29) is 5.92 Å². The zero-order chi connectivity index (χ0) is 22.9. The van der Waals surface area contributed by atoms with Crippen LogP contribution >= 0.6 is 0 Å². The Balaban J connectivity index is 5.37. The van der Waals surface area contributed by atoms with Crippen LogP contribution in [0.1, 0.15) is 47.5 Å². The van der Waals surface area contributed by atoms with Crippen LogP contribution in [0.15, 0.2) is 0 Å². The van der Waals surface area contributed by atoms with Crippen LogP contribution in [0, 0.1) is 11.8 Å². The standard InChI is InChI=1S/C18H32N4O7/c1-8(2)6-11(20-15(25)10(5)19)16(26)22-14(9(3)4)17(27)21-12(18(28)29)7-13(23)24/h8-12,14H,6-7,19H2,1-5H3,(H,20,25)(H,21,27)(H,22,26)(H,23,24)(H,28,29). The van der Waals surface area contributed by atoms with Crippen molar-refractivity contribution in [2.45, 2.75) is 71.6 Å². The normalized spacial score (nSPS) is 15.2. The van der Waals surface area contributed by atoms with Crippen molar-refractivity contribution in [3.8, 4) is 0 Å². The Hall–Kier alpha value is -2.69. The van der Waals surface area contributed by atoms with Crippen molar-refractivity contribution in [2.75, 3.05) is 0 Å². The van der Waals surface area contributed by atoms with Gasteiger partial charge in [-0.1, -0.05) is 27.7 Å². The summed E-state index contributed by atoms with van der Waals surface area (Å²) in [6.07, 6.45) is -0.506. The number of carbonyl (C=O) groups is 5. The molecule has 0 saturated heterocycles. The first-order valence-electron chi connectivity index (χ1n) is 9.37. The van der Waals surface area contributed by atoms with Gasteiger partial charge in [0.1, 0.15) is 18.1 Å². The lowest BCUT2D eigenvalue weighted by Crippen LogP contribution is -2.58. The Morgan fingerprint density at radius 2 is 1.31 bits per heavy atom. The van der Waals surface area contributed by atoms with E-state index in [1.54, 1.807) is 13.8 Å². The quantitative estimate of drug-likeness (QED) is 0.235. The first-order valence-corrected chi connectivity index (χ1v) is 9.37. The SMILES string of the molecule is CC(C)CC(NC(=O)C(C)N)C(=O)NC(C(=O)NC(CC(=O)O)C(=O)O)C(C)C. The third kappa shape index (κ3) is 9.88. The molecule has 0 radical (unpaired) electrons. The van der Waals surface area contributed by atoms with E-state index in [2.05, 4.69) is 16.0 Å². The summed E-state index contributed by atoms with van der Waals surface area (Å²) in [5.74, 6) is -5.24. The lowest BCUT2D eigenvalue weighted by Gasteiger charge is -2.27. The van der Waals surface area contributed by atoms with Crippen LogP contribution < -0.4 is 21.7 Å². The van der Waals surface area contributed by atoms with Crippen molar-refractivity contribution in [1.29, 1.82) is 0 Å². The fourth-order valence-corrected chi connectivity index (χ4v) is 2.43. The van der Waals surface area contributed by atoms with E-state index in [1.165, 1.54) is 6.92 Å². The number of amides is 3. The topological polar surface area (TPSA) is 188 Å². The first-order chi connectivity index (χ1) is 13.3. The highest BCUT2D eigenvalue weighted by molar-refractivity contribution is 5.94. The molecule has 0 aromatic carbocycles. The number of carbonyl (C=O) groups excluding carboxylic acids is 3. The molecule has 0 aliphatic heterocycles. The van der Waals surface area contributed by atoms with Crippen LogP contribution in [0.25, 0.3) is 0 Å². The van der Waals surface area contributed by atoms with Gasteiger partial charge in [0.25, 0.3) is 0 Å². The molecule has 0 aliphatic rings. The second-order valence-corrected chi connectivity index (χ2v) is 7.71. The minimum absolute atomic E-state index is 0.0532. The molecule has 3 amide bonds. The highest BCUT2D eigenvalue weighted by atomic mass is 16.4. The fourth-order valence-electron chi connectivity index (χ4n) is 2.43. The molecule has 11 heteroatoms. The highest BCUT2D eigenvalue weighted by Crippen LogP contribution is 2.09. The molecule has 29 heavy (non-hydrogen) atoms. The molecule has 7 N–H and O–H groups in total. The second kappa shape index (κ2) is 12.0. The van der Waals surface area contributed by atoms with E-state index >= 15 is 0 Å². The number of hydrogen-bond acceptors (Lipinski definition) is 6. The zero-order valence-electron chi connectivity index (χ0n) is 17.4. The summed E-state index contributed by atoms with van der Waals surface area (Å²) >= 11 is 0. The average molecular weight is 416 g/mol. The summed E-state index contributed by atoms with van der Waals surface area (Å²) in [6, 6.07) is -4.52. The number of aliphatic carboxylic acids is 2. The van der Waals surface area contributed by atoms with Gasteiger partial charge in [-0.2, -0.15) is 0 Å². The highest BCUT2D eigenvalue weighted by Gasteiger charge is 2.32. The maximum atomic E-state index is 12.7. The number of nitrogens with two attached hydrogens (primary N) is 1. The number of carboxylic acid groups (broad SMARTS) is 2. The lowest BCUT2D eigenvalue weighted by molar-refractivity contribution is -0.147. The van der Waals surface area contributed by atoms with Gasteiger partial charge in [0.05, 0.1) is 12.5 Å². The van der Waals surface area contributed by atoms with Crippen LogP contribution in [0.4, 0.5) is 0 Å². The van der Waals surface area contributed by atoms with Crippen molar-refractivity contribution >= 4 is 29.7 Å². The van der Waals surface area contributed by atoms with Gasteiger partial charge in [0.2, 0.25) is 17.7 Å². The monoisotopic (exact) mass is 416 g/mol. The molecule has 0 aromatic heterocycles. The third-order valence-electron chi connectivity index (χ3n) is 3.99. The van der Waals surface area contributed by atoms with Gasteiger partial charge in [-0.05, 0) is 25.2 Å². The number of nitrogens with one attached hydrogen (secondary N) is 3. The summed E-state index contributed by atoms with van der Waals surface area (Å²) in [7, 11) is 0. The molecule has 4 atom stereocenters. The summed E-state index contributed by atoms with van der Waals surface area (Å²) in [6.45, 7) is 8.45. The Bertz CT molecular complexity index is 619. The zero-order valence-corrected chi connectivity index (χ0v) is 17.4. The third-order valence-corrected chi connectivity index (χ3v) is 3.99. The molecule has 0 rings (SSSR count). The molecule has 166 valence electrons. The van der Waals surface area contributed by atoms with E-state index in [1.807, 2.05) is 13.8 Å². The summed E-state index contributed by atoms with van der Waals surface area (Å²) in [5.41, 5.74) is 5.52. The number of hydrogen-bond donors (Lipinski definition) is 6. The van der Waals surface area contributed by atoms with Crippen LogP contribution in [-0.2, 0) is 24.0 Å². The Kier molecular flexibility index (Phi) is 10.9. The molecular formula is C18H32N4O7. The number of carboxylic acids is 2. The largest absolute Gasteiger partial charge is 0.481 e. The minimum atomic E-state index is -1.64. The predicted octanol–water partition coefficient (Wildman–Crippen LogP) is -0.951. The van der Waals surface area contributed by atoms with E-state index in [0.717, 1.165) is 0 Å². The lowest BCUT2D eigenvalue weighted by atomic mass is 9.99. The van der Waals surface area contributed by atoms with E-state index in [9.17, 15) is 24.0 Å². The van der Waals surface area contributed by atoms with Crippen molar-refractivity contribution in [1.82, 2.24) is 16.0 Å². The molecule has 4 unspecified atom stereocenters. The Labute approximate surface area is 169 Å². The molecule has 0 heterocycles. The van der Waals surface area contributed by atoms with Gasteiger partial charge in [0, 0.05) is 0 Å². The number of rotatable bonds is 12. The van der Waals surface area contributed by atoms with Gasteiger partial charge in [0.15, 0.2) is 0 Å². The molecule has 0 spiro atoms. The van der Waals surface area contributed by atoms with Crippen LogP contribution in [0.5, 0.6) is 0 Å². The maximum Gasteiger partial charge on any atom is 0.326 e. The molecule has 0 fully saturated rings. The maximum absolute atomic E-state index is 12.7. The van der Waals surface area contributed by atoms with Gasteiger partial charge in [-0.3, -0.25) is 19.2 Å². The van der Waals surface area contributed by atoms with E-state index in [4.69, 9.17) is 15.9 Å². The summed E-state index contributed by atoms with van der Waals surface area (Å²) in [4.78, 5) is 59.1. The van der Waals surface area contributed by atoms with E-state index in [0.29, 0.717) is 6.42 Å². The summed E-state index contributed by atoms with van der Waals surface area (Å²) in [5, 5.41) is 25.1. The molecule has 0 aliphatic carbocycles. The Morgan fingerprint density at radius 3 is 1.69 bits per heavy atom.